The standard InChI is InChI=1S/C15H19N5O3/c1-18(2)8-6-16-12-5-4-11(10-13(12)20(22)23)14(21)15-17-7-9-19(15)3/h4-5,7,9-10,16H,6,8H2,1-3H3. The van der Waals surface area contributed by atoms with Crippen molar-refractivity contribution in [1.29, 1.82) is 0 Å². The molecule has 0 saturated carbocycles. The first kappa shape index (κ1) is 16.6. The SMILES string of the molecule is CN(C)CCNc1ccc(C(=O)c2nccn2C)cc1[N+](=O)[O-]. The third kappa shape index (κ3) is 3.92. The lowest BCUT2D eigenvalue weighted by molar-refractivity contribution is -0.384. The molecule has 0 atom stereocenters. The van der Waals surface area contributed by atoms with Gasteiger partial charge >= 0.3 is 0 Å². The molecule has 0 aliphatic rings. The van der Waals surface area contributed by atoms with Crippen molar-refractivity contribution in [2.75, 3.05) is 32.5 Å². The Morgan fingerprint density at radius 3 is 2.74 bits per heavy atom. The maximum Gasteiger partial charge on any atom is 0.293 e. The van der Waals surface area contributed by atoms with E-state index in [9.17, 15) is 14.9 Å². The quantitative estimate of drug-likeness (QED) is 0.473. The van der Waals surface area contributed by atoms with E-state index < -0.39 is 4.92 Å². The van der Waals surface area contributed by atoms with Crippen molar-refractivity contribution in [3.63, 3.8) is 0 Å². The summed E-state index contributed by atoms with van der Waals surface area (Å²) in [4.78, 5) is 29.1. The number of benzene rings is 1. The summed E-state index contributed by atoms with van der Waals surface area (Å²) in [7, 11) is 5.54. The molecule has 0 unspecified atom stereocenters. The average molecular weight is 317 g/mol. The Labute approximate surface area is 133 Å². The maximum atomic E-state index is 12.4. The largest absolute Gasteiger partial charge is 0.378 e. The lowest BCUT2D eigenvalue weighted by Gasteiger charge is -2.12. The summed E-state index contributed by atoms with van der Waals surface area (Å²) in [5, 5.41) is 14.3. The van der Waals surface area contributed by atoms with Crippen molar-refractivity contribution < 1.29 is 9.72 Å². The number of nitro groups is 1. The molecule has 1 heterocycles. The van der Waals surface area contributed by atoms with E-state index in [0.717, 1.165) is 6.54 Å². The van der Waals surface area contributed by atoms with Crippen LogP contribution in [0, 0.1) is 10.1 Å². The van der Waals surface area contributed by atoms with E-state index in [1.165, 1.54) is 12.3 Å². The minimum atomic E-state index is -0.493. The van der Waals surface area contributed by atoms with E-state index in [2.05, 4.69) is 10.3 Å². The van der Waals surface area contributed by atoms with Gasteiger partial charge in [0.05, 0.1) is 4.92 Å². The number of carbonyl (C=O) groups is 1. The highest BCUT2D eigenvalue weighted by Gasteiger charge is 2.20. The number of aryl methyl sites for hydroxylation is 1. The van der Waals surface area contributed by atoms with Gasteiger partial charge in [-0.15, -0.1) is 0 Å². The van der Waals surface area contributed by atoms with Crippen molar-refractivity contribution >= 4 is 17.2 Å². The second kappa shape index (κ2) is 7.01. The van der Waals surface area contributed by atoms with Crippen LogP contribution in [0.4, 0.5) is 11.4 Å². The van der Waals surface area contributed by atoms with E-state index in [1.54, 1.807) is 29.9 Å². The van der Waals surface area contributed by atoms with Gasteiger partial charge in [0.2, 0.25) is 5.78 Å². The molecule has 0 aliphatic heterocycles. The highest BCUT2D eigenvalue weighted by Crippen LogP contribution is 2.26. The predicted molar refractivity (Wildman–Crippen MR) is 86.8 cm³/mol. The molecule has 8 nitrogen and oxygen atoms in total. The van der Waals surface area contributed by atoms with Gasteiger partial charge in [0.15, 0.2) is 5.82 Å². The smallest absolute Gasteiger partial charge is 0.293 e. The van der Waals surface area contributed by atoms with Crippen molar-refractivity contribution in [1.82, 2.24) is 14.5 Å². The molecule has 0 bridgehead atoms. The lowest BCUT2D eigenvalue weighted by Crippen LogP contribution is -2.21. The van der Waals surface area contributed by atoms with Crippen molar-refractivity contribution in [3.05, 3.63) is 52.1 Å². The molecule has 1 N–H and O–H groups in total. The van der Waals surface area contributed by atoms with Crippen molar-refractivity contribution in [3.8, 4) is 0 Å². The molecule has 2 aromatic rings. The molecule has 0 spiro atoms. The van der Waals surface area contributed by atoms with Gasteiger partial charge in [0.1, 0.15) is 5.69 Å². The van der Waals surface area contributed by atoms with Gasteiger partial charge in [0, 0.05) is 44.2 Å². The molecule has 0 amide bonds. The maximum absolute atomic E-state index is 12.4. The summed E-state index contributed by atoms with van der Waals surface area (Å²) >= 11 is 0. The third-order valence-electron chi connectivity index (χ3n) is 3.36. The van der Waals surface area contributed by atoms with Crippen LogP contribution >= 0.6 is 0 Å². The third-order valence-corrected chi connectivity index (χ3v) is 3.36. The van der Waals surface area contributed by atoms with Crippen LogP contribution in [-0.4, -0.2) is 52.3 Å². The summed E-state index contributed by atoms with van der Waals surface area (Å²) in [6, 6.07) is 4.42. The Morgan fingerprint density at radius 2 is 2.17 bits per heavy atom. The Bertz CT molecular complexity index is 724. The van der Waals surface area contributed by atoms with Gasteiger partial charge in [-0.2, -0.15) is 0 Å². The van der Waals surface area contributed by atoms with E-state index in [4.69, 9.17) is 0 Å². The molecule has 122 valence electrons. The van der Waals surface area contributed by atoms with Crippen LogP contribution in [0.5, 0.6) is 0 Å². The van der Waals surface area contributed by atoms with Crippen LogP contribution in [0.1, 0.15) is 16.2 Å². The van der Waals surface area contributed by atoms with Gasteiger partial charge in [-0.05, 0) is 26.2 Å². The van der Waals surface area contributed by atoms with Crippen LogP contribution < -0.4 is 5.32 Å². The van der Waals surface area contributed by atoms with Gasteiger partial charge < -0.3 is 14.8 Å². The minimum absolute atomic E-state index is 0.121. The first-order valence-corrected chi connectivity index (χ1v) is 7.09. The molecular formula is C15H19N5O3. The first-order valence-electron chi connectivity index (χ1n) is 7.09. The van der Waals surface area contributed by atoms with Gasteiger partial charge in [0.25, 0.3) is 5.69 Å². The molecule has 2 rings (SSSR count). The van der Waals surface area contributed by atoms with Gasteiger partial charge in [-0.25, -0.2) is 4.98 Å². The number of carbonyl (C=O) groups excluding carboxylic acids is 1. The number of rotatable bonds is 7. The normalized spacial score (nSPS) is 10.8. The van der Waals surface area contributed by atoms with Gasteiger partial charge in [-0.3, -0.25) is 14.9 Å². The number of ketones is 1. The second-order valence-corrected chi connectivity index (χ2v) is 5.41. The fraction of sp³-hybridized carbons (Fsp3) is 0.333. The lowest BCUT2D eigenvalue weighted by atomic mass is 10.1. The second-order valence-electron chi connectivity index (χ2n) is 5.41. The van der Waals surface area contributed by atoms with Crippen molar-refractivity contribution in [2.24, 2.45) is 7.05 Å². The summed E-state index contributed by atoms with van der Waals surface area (Å²) < 4.78 is 1.58. The number of nitro benzene ring substituents is 1. The van der Waals surface area contributed by atoms with E-state index in [0.29, 0.717) is 12.2 Å². The summed E-state index contributed by atoms with van der Waals surface area (Å²) in [5.74, 6) is -0.104. The molecular weight excluding hydrogens is 298 g/mol. The Kier molecular flexibility index (Phi) is 5.07. The van der Waals surface area contributed by atoms with Crippen LogP contribution in [0.2, 0.25) is 0 Å². The summed E-state index contributed by atoms with van der Waals surface area (Å²) in [5.41, 5.74) is 0.515. The summed E-state index contributed by atoms with van der Waals surface area (Å²) in [6.45, 7) is 1.31. The topological polar surface area (TPSA) is 93.3 Å². The monoisotopic (exact) mass is 317 g/mol. The van der Waals surface area contributed by atoms with E-state index in [-0.39, 0.29) is 22.9 Å². The number of anilines is 1. The Hall–Kier alpha value is -2.74. The van der Waals surface area contributed by atoms with Crippen molar-refractivity contribution in [2.45, 2.75) is 0 Å². The number of nitrogens with zero attached hydrogens (tertiary/aromatic N) is 4. The van der Waals surface area contributed by atoms with Crippen LogP contribution in [0.25, 0.3) is 0 Å². The molecule has 1 aromatic heterocycles. The number of hydrogen-bond acceptors (Lipinski definition) is 6. The first-order chi connectivity index (χ1) is 10.9. The number of aromatic nitrogens is 2. The van der Waals surface area contributed by atoms with E-state index >= 15 is 0 Å². The zero-order valence-corrected chi connectivity index (χ0v) is 13.3. The predicted octanol–water partition coefficient (Wildman–Crippen LogP) is 1.53. The molecule has 0 fully saturated rings. The summed E-state index contributed by atoms with van der Waals surface area (Å²) in [6.07, 6.45) is 3.16. The fourth-order valence-corrected chi connectivity index (χ4v) is 2.10. The van der Waals surface area contributed by atoms with Crippen LogP contribution in [0.15, 0.2) is 30.6 Å². The number of nitrogens with one attached hydrogen (secondary N) is 1. The zero-order chi connectivity index (χ0) is 17.0. The Morgan fingerprint density at radius 1 is 1.43 bits per heavy atom. The highest BCUT2D eigenvalue weighted by molar-refractivity contribution is 6.07. The van der Waals surface area contributed by atoms with Gasteiger partial charge in [-0.1, -0.05) is 0 Å². The fourth-order valence-electron chi connectivity index (χ4n) is 2.10. The molecule has 1 aromatic carbocycles. The number of imidazole rings is 1. The Balaban J connectivity index is 2.27. The van der Waals surface area contributed by atoms with Crippen LogP contribution in [-0.2, 0) is 7.05 Å². The van der Waals surface area contributed by atoms with Crippen LogP contribution in [0.3, 0.4) is 0 Å². The van der Waals surface area contributed by atoms with E-state index in [1.807, 2.05) is 19.0 Å². The molecule has 8 heteroatoms. The number of hydrogen-bond donors (Lipinski definition) is 1. The molecule has 0 saturated heterocycles. The minimum Gasteiger partial charge on any atom is -0.378 e. The zero-order valence-electron chi connectivity index (χ0n) is 13.3. The average Bonchev–Trinajstić information content (AvgIpc) is 2.92. The molecule has 0 aliphatic carbocycles. The molecule has 23 heavy (non-hydrogen) atoms. The highest BCUT2D eigenvalue weighted by atomic mass is 16.6. The number of likely N-dealkylation sites (N-methyl/N-ethyl adjacent to an activating group) is 1. The molecule has 0 radical (unpaired) electrons.